The fourth-order valence-corrected chi connectivity index (χ4v) is 5.01. The number of rotatable bonds is 6. The minimum Gasteiger partial charge on any atom is -0.477 e. The second-order valence-electron chi connectivity index (χ2n) is 7.98. The van der Waals surface area contributed by atoms with Crippen LogP contribution in [-0.2, 0) is 11.3 Å². The number of amides is 1. The van der Waals surface area contributed by atoms with Crippen molar-refractivity contribution in [1.82, 2.24) is 9.97 Å². The van der Waals surface area contributed by atoms with E-state index in [-0.39, 0.29) is 24.8 Å². The molecular formula is C26H21N3O4S. The first-order valence-electron chi connectivity index (χ1n) is 10.7. The number of hydrogen-bond acceptors (Lipinski definition) is 6. The highest BCUT2D eigenvalue weighted by atomic mass is 32.1. The molecule has 2 aromatic carbocycles. The summed E-state index contributed by atoms with van der Waals surface area (Å²) < 4.78 is 5.83. The largest absolute Gasteiger partial charge is 0.477 e. The number of anilines is 1. The van der Waals surface area contributed by atoms with Crippen molar-refractivity contribution in [2.24, 2.45) is 0 Å². The lowest BCUT2D eigenvalue weighted by Crippen LogP contribution is -2.32. The average Bonchev–Trinajstić information content (AvgIpc) is 3.41. The van der Waals surface area contributed by atoms with E-state index in [1.807, 2.05) is 36.6 Å². The average molecular weight is 472 g/mol. The smallest absolute Gasteiger partial charge is 0.414 e. The topological polar surface area (TPSA) is 92.6 Å². The Kier molecular flexibility index (Phi) is 5.81. The molecule has 0 unspecified atom stereocenters. The van der Waals surface area contributed by atoms with Crippen molar-refractivity contribution in [2.45, 2.75) is 19.4 Å². The van der Waals surface area contributed by atoms with E-state index in [9.17, 15) is 14.7 Å². The molecule has 0 bridgehead atoms. The number of carboxylic acids is 1. The standard InChI is InChI=1S/C26H21N3O4S/c1-16-15-34-24(28-16)13-29(17-10-11-27-23(12-17)25(30)31)26(32)33-14-22-20-8-4-2-6-18(20)19-7-3-5-9-21(19)22/h2-12,15,22H,13-14H2,1H3,(H,30,31). The lowest BCUT2D eigenvalue weighted by Gasteiger charge is -2.23. The van der Waals surface area contributed by atoms with E-state index in [0.717, 1.165) is 33.0 Å². The van der Waals surface area contributed by atoms with Crippen LogP contribution in [0.4, 0.5) is 10.5 Å². The second kappa shape index (κ2) is 9.07. The number of carboxylic acid groups (broad SMARTS) is 1. The van der Waals surface area contributed by atoms with Crippen LogP contribution >= 0.6 is 11.3 Å². The van der Waals surface area contributed by atoms with Gasteiger partial charge in [-0.3, -0.25) is 4.90 Å². The van der Waals surface area contributed by atoms with Crippen LogP contribution in [-0.4, -0.2) is 33.7 Å². The molecule has 170 valence electrons. The summed E-state index contributed by atoms with van der Waals surface area (Å²) in [5.41, 5.74) is 5.63. The van der Waals surface area contributed by atoms with E-state index in [4.69, 9.17) is 4.74 Å². The maximum Gasteiger partial charge on any atom is 0.414 e. The third-order valence-electron chi connectivity index (χ3n) is 5.79. The van der Waals surface area contributed by atoms with Crippen LogP contribution in [0, 0.1) is 6.92 Å². The van der Waals surface area contributed by atoms with Gasteiger partial charge >= 0.3 is 12.1 Å². The highest BCUT2D eigenvalue weighted by Gasteiger charge is 2.30. The van der Waals surface area contributed by atoms with E-state index in [0.29, 0.717) is 5.69 Å². The molecule has 1 N–H and O–H groups in total. The first-order chi connectivity index (χ1) is 16.5. The lowest BCUT2D eigenvalue weighted by molar-refractivity contribution is 0.0690. The van der Waals surface area contributed by atoms with Crippen LogP contribution in [0.2, 0.25) is 0 Å². The highest BCUT2D eigenvalue weighted by molar-refractivity contribution is 7.09. The van der Waals surface area contributed by atoms with Gasteiger partial charge in [-0.15, -0.1) is 11.3 Å². The van der Waals surface area contributed by atoms with Gasteiger partial charge in [0.2, 0.25) is 0 Å². The Labute approximate surface area is 200 Å². The van der Waals surface area contributed by atoms with Crippen LogP contribution < -0.4 is 4.90 Å². The van der Waals surface area contributed by atoms with Crippen molar-refractivity contribution in [3.63, 3.8) is 0 Å². The molecule has 2 aromatic heterocycles. The molecule has 1 amide bonds. The maximum absolute atomic E-state index is 13.3. The van der Waals surface area contributed by atoms with Crippen molar-refractivity contribution in [2.75, 3.05) is 11.5 Å². The number of ether oxygens (including phenoxy) is 1. The van der Waals surface area contributed by atoms with E-state index >= 15 is 0 Å². The van der Waals surface area contributed by atoms with Gasteiger partial charge in [-0.1, -0.05) is 48.5 Å². The molecule has 8 heteroatoms. The molecular weight excluding hydrogens is 450 g/mol. The van der Waals surface area contributed by atoms with Gasteiger partial charge in [-0.2, -0.15) is 0 Å². The maximum atomic E-state index is 13.3. The molecule has 7 nitrogen and oxygen atoms in total. The monoisotopic (exact) mass is 471 g/mol. The van der Waals surface area contributed by atoms with Gasteiger partial charge in [0, 0.05) is 23.2 Å². The molecule has 0 atom stereocenters. The first kappa shape index (κ1) is 21.8. The van der Waals surface area contributed by atoms with E-state index < -0.39 is 12.1 Å². The van der Waals surface area contributed by atoms with Gasteiger partial charge in [-0.25, -0.2) is 19.6 Å². The van der Waals surface area contributed by atoms with Gasteiger partial charge in [0.05, 0.1) is 12.2 Å². The predicted octanol–water partition coefficient (Wildman–Crippen LogP) is 5.50. The molecule has 1 aliphatic rings. The number of thiazole rings is 1. The first-order valence-corrected chi connectivity index (χ1v) is 11.6. The lowest BCUT2D eigenvalue weighted by atomic mass is 9.98. The number of fused-ring (bicyclic) bond motifs is 3. The summed E-state index contributed by atoms with van der Waals surface area (Å²) in [6.45, 7) is 2.21. The van der Waals surface area contributed by atoms with Crippen molar-refractivity contribution in [1.29, 1.82) is 0 Å². The van der Waals surface area contributed by atoms with Crippen molar-refractivity contribution in [3.05, 3.63) is 99.8 Å². The van der Waals surface area contributed by atoms with E-state index in [1.165, 1.54) is 28.5 Å². The number of nitrogens with zero attached hydrogens (tertiary/aromatic N) is 3. The number of pyridine rings is 1. The Morgan fingerprint density at radius 1 is 1.06 bits per heavy atom. The van der Waals surface area contributed by atoms with Gasteiger partial charge in [0.1, 0.15) is 17.3 Å². The molecule has 1 aliphatic carbocycles. The molecule has 34 heavy (non-hydrogen) atoms. The van der Waals surface area contributed by atoms with E-state index in [1.54, 1.807) is 6.07 Å². The van der Waals surface area contributed by atoms with E-state index in [2.05, 4.69) is 34.2 Å². The normalized spacial score (nSPS) is 12.1. The predicted molar refractivity (Wildman–Crippen MR) is 129 cm³/mol. The number of carbonyl (C=O) groups excluding carboxylic acids is 1. The third kappa shape index (κ3) is 4.15. The quantitative estimate of drug-likeness (QED) is 0.399. The summed E-state index contributed by atoms with van der Waals surface area (Å²) in [7, 11) is 0. The molecule has 0 spiro atoms. The summed E-state index contributed by atoms with van der Waals surface area (Å²) in [5.74, 6) is -1.24. The SMILES string of the molecule is Cc1csc(CN(C(=O)OCC2c3ccccc3-c3ccccc32)c2ccnc(C(=O)O)c2)n1. The minimum atomic E-state index is -1.17. The van der Waals surface area contributed by atoms with Crippen LogP contribution in [0.25, 0.3) is 11.1 Å². The molecule has 4 aromatic rings. The number of carbonyl (C=O) groups is 2. The van der Waals surface area contributed by atoms with Crippen LogP contribution in [0.5, 0.6) is 0 Å². The summed E-state index contributed by atoms with van der Waals surface area (Å²) >= 11 is 1.43. The Hall–Kier alpha value is -4.04. The fourth-order valence-electron chi connectivity index (χ4n) is 4.25. The van der Waals surface area contributed by atoms with Crippen LogP contribution in [0.1, 0.15) is 38.2 Å². The Morgan fingerprint density at radius 3 is 2.35 bits per heavy atom. The number of aromatic carboxylic acids is 1. The number of benzene rings is 2. The zero-order chi connectivity index (χ0) is 23.7. The summed E-state index contributed by atoms with van der Waals surface area (Å²) in [4.78, 5) is 34.5. The fraction of sp³-hybridized carbons (Fsp3) is 0.154. The number of hydrogen-bond donors (Lipinski definition) is 1. The molecule has 2 heterocycles. The summed E-state index contributed by atoms with van der Waals surface area (Å²) in [6.07, 6.45) is 0.799. The zero-order valence-corrected chi connectivity index (χ0v) is 19.2. The summed E-state index contributed by atoms with van der Waals surface area (Å²) in [5, 5.41) is 12.0. The van der Waals surface area contributed by atoms with Crippen LogP contribution in [0.3, 0.4) is 0 Å². The summed E-state index contributed by atoms with van der Waals surface area (Å²) in [6, 6.07) is 19.2. The highest BCUT2D eigenvalue weighted by Crippen LogP contribution is 2.44. The van der Waals surface area contributed by atoms with Crippen LogP contribution in [0.15, 0.2) is 72.2 Å². The van der Waals surface area contributed by atoms with Crippen molar-refractivity contribution < 1.29 is 19.4 Å². The van der Waals surface area contributed by atoms with Gasteiger partial charge < -0.3 is 9.84 Å². The van der Waals surface area contributed by atoms with Gasteiger partial charge in [-0.05, 0) is 41.3 Å². The molecule has 0 saturated carbocycles. The van der Waals surface area contributed by atoms with Crippen molar-refractivity contribution >= 4 is 29.1 Å². The third-order valence-corrected chi connectivity index (χ3v) is 6.74. The second-order valence-corrected chi connectivity index (χ2v) is 8.92. The zero-order valence-electron chi connectivity index (χ0n) is 18.3. The molecule has 0 aliphatic heterocycles. The Morgan fingerprint density at radius 2 is 1.74 bits per heavy atom. The van der Waals surface area contributed by atoms with Gasteiger partial charge in [0.25, 0.3) is 0 Å². The molecule has 5 rings (SSSR count). The Bertz CT molecular complexity index is 1340. The number of aromatic nitrogens is 2. The number of aryl methyl sites for hydroxylation is 1. The molecule has 0 fully saturated rings. The van der Waals surface area contributed by atoms with Gasteiger partial charge in [0.15, 0.2) is 0 Å². The minimum absolute atomic E-state index is 0.0765. The molecule has 0 saturated heterocycles. The van der Waals surface area contributed by atoms with Crippen molar-refractivity contribution in [3.8, 4) is 11.1 Å². The molecule has 0 radical (unpaired) electrons. The Balaban J connectivity index is 1.42.